The van der Waals surface area contributed by atoms with E-state index < -0.39 is 9.46 Å². The average molecular weight is 173 g/mol. The monoisotopic (exact) mass is 173 g/mol. The minimum atomic E-state index is -3.20. The van der Waals surface area contributed by atoms with Gasteiger partial charge in [-0.15, -0.1) is 0 Å². The highest BCUT2D eigenvalue weighted by Gasteiger charge is 2.03. The fraction of sp³-hybridized carbons (Fsp3) is 0. The second kappa shape index (κ2) is 2.69. The lowest BCUT2D eigenvalue weighted by molar-refractivity contribution is 0.610. The molecule has 0 aliphatic rings. The van der Waals surface area contributed by atoms with Crippen LogP contribution >= 0.6 is 8.44 Å². The summed E-state index contributed by atoms with van der Waals surface area (Å²) in [6.45, 7) is 0. The van der Waals surface area contributed by atoms with E-state index in [4.69, 9.17) is 0 Å². The van der Waals surface area contributed by atoms with Gasteiger partial charge in [-0.3, -0.25) is 0 Å². The Morgan fingerprint density at radius 2 is 1.60 bits per heavy atom. The maximum absolute atomic E-state index is 10.7. The number of rotatable bonds is 1. The minimum Gasteiger partial charge on any atom is -0.219 e. The highest BCUT2D eigenvalue weighted by atomic mass is 32.7. The van der Waals surface area contributed by atoms with Gasteiger partial charge in [0.05, 0.1) is 4.90 Å². The topological polar surface area (TPSA) is 34.1 Å². The van der Waals surface area contributed by atoms with Crippen molar-refractivity contribution >= 4 is 17.9 Å². The third kappa shape index (κ3) is 1.79. The Hall–Kier alpha value is -0.400. The van der Waals surface area contributed by atoms with Crippen molar-refractivity contribution in [3.63, 3.8) is 0 Å². The fourth-order valence-corrected chi connectivity index (χ4v) is 1.52. The standard InChI is InChI=1S/C6H6O2PS/c7-10(8,9)6-4-2-1-3-5-6/h1-5,9H. The summed E-state index contributed by atoms with van der Waals surface area (Å²) in [7, 11) is -0.588. The SMILES string of the molecule is O=S(=O)([PH])c1ccccc1. The van der Waals surface area contributed by atoms with E-state index in [1.165, 1.54) is 12.1 Å². The molecule has 1 aromatic rings. The molecule has 0 aromatic heterocycles. The molecule has 0 unspecified atom stereocenters. The summed E-state index contributed by atoms with van der Waals surface area (Å²) < 4.78 is 21.5. The van der Waals surface area contributed by atoms with Crippen LogP contribution in [0.4, 0.5) is 0 Å². The van der Waals surface area contributed by atoms with Crippen LogP contribution in [0.15, 0.2) is 35.2 Å². The first-order chi connectivity index (χ1) is 4.61. The lowest BCUT2D eigenvalue weighted by Gasteiger charge is -1.92. The zero-order chi connectivity index (χ0) is 7.61. The molecule has 0 fully saturated rings. The van der Waals surface area contributed by atoms with Crippen molar-refractivity contribution in [3.05, 3.63) is 30.3 Å². The third-order valence-corrected chi connectivity index (χ3v) is 2.65. The number of hydrogen-bond donors (Lipinski definition) is 0. The first-order valence-electron chi connectivity index (χ1n) is 2.65. The maximum Gasteiger partial charge on any atom is 0.196 e. The summed E-state index contributed by atoms with van der Waals surface area (Å²) in [6, 6.07) is 8.17. The molecule has 0 bridgehead atoms. The van der Waals surface area contributed by atoms with Crippen LogP contribution < -0.4 is 0 Å². The van der Waals surface area contributed by atoms with E-state index in [9.17, 15) is 8.42 Å². The molecule has 0 amide bonds. The number of hydrogen-bond acceptors (Lipinski definition) is 2. The van der Waals surface area contributed by atoms with Crippen LogP contribution in [0.1, 0.15) is 0 Å². The molecule has 10 heavy (non-hydrogen) atoms. The van der Waals surface area contributed by atoms with Gasteiger partial charge in [-0.25, -0.2) is 8.42 Å². The summed E-state index contributed by atoms with van der Waals surface area (Å²) in [5, 5.41) is 0. The maximum atomic E-state index is 10.7. The predicted octanol–water partition coefficient (Wildman–Crippen LogP) is 1.52. The fourth-order valence-electron chi connectivity index (χ4n) is 0.600. The molecule has 0 spiro atoms. The lowest BCUT2D eigenvalue weighted by Crippen LogP contribution is -1.86. The van der Waals surface area contributed by atoms with Crippen LogP contribution in [0.3, 0.4) is 0 Å². The molecule has 0 heterocycles. The Labute approximate surface area is 62.1 Å². The van der Waals surface area contributed by atoms with Crippen molar-refractivity contribution in [2.75, 3.05) is 0 Å². The van der Waals surface area contributed by atoms with Gasteiger partial charge < -0.3 is 0 Å². The van der Waals surface area contributed by atoms with E-state index in [2.05, 4.69) is 8.44 Å². The second-order valence-corrected chi connectivity index (χ2v) is 4.91. The van der Waals surface area contributed by atoms with Crippen LogP contribution in [0.5, 0.6) is 0 Å². The smallest absolute Gasteiger partial charge is 0.196 e. The van der Waals surface area contributed by atoms with Crippen molar-refractivity contribution < 1.29 is 8.42 Å². The van der Waals surface area contributed by atoms with Crippen molar-refractivity contribution in [3.8, 4) is 0 Å². The Kier molecular flexibility index (Phi) is 2.07. The van der Waals surface area contributed by atoms with Gasteiger partial charge in [0, 0.05) is 8.44 Å². The Morgan fingerprint density at radius 3 is 1.90 bits per heavy atom. The first-order valence-corrected chi connectivity index (χ1v) is 5.36. The van der Waals surface area contributed by atoms with E-state index in [0.29, 0.717) is 0 Å². The molecule has 0 saturated heterocycles. The van der Waals surface area contributed by atoms with Gasteiger partial charge in [0.1, 0.15) is 0 Å². The van der Waals surface area contributed by atoms with Gasteiger partial charge in [0.15, 0.2) is 9.46 Å². The van der Waals surface area contributed by atoms with E-state index >= 15 is 0 Å². The lowest BCUT2D eigenvalue weighted by atomic mass is 10.4. The second-order valence-electron chi connectivity index (χ2n) is 1.82. The van der Waals surface area contributed by atoms with Crippen molar-refractivity contribution in [2.45, 2.75) is 4.90 Å². The summed E-state index contributed by atoms with van der Waals surface area (Å²) >= 11 is 0. The van der Waals surface area contributed by atoms with Crippen LogP contribution in [0.2, 0.25) is 0 Å². The third-order valence-electron chi connectivity index (χ3n) is 1.05. The van der Waals surface area contributed by atoms with E-state index in [1.807, 2.05) is 0 Å². The molecule has 1 rings (SSSR count). The molecule has 1 aromatic carbocycles. The molecule has 2 nitrogen and oxygen atoms in total. The summed E-state index contributed by atoms with van der Waals surface area (Å²) in [5.41, 5.74) is 0. The molecule has 0 atom stereocenters. The molecular weight excluding hydrogens is 167 g/mol. The van der Waals surface area contributed by atoms with Crippen LogP contribution in [0, 0.1) is 0 Å². The minimum absolute atomic E-state index is 0.284. The van der Waals surface area contributed by atoms with Gasteiger partial charge >= 0.3 is 0 Å². The van der Waals surface area contributed by atoms with E-state index in [1.54, 1.807) is 18.2 Å². The summed E-state index contributed by atoms with van der Waals surface area (Å²) in [6.07, 6.45) is 0. The van der Waals surface area contributed by atoms with Crippen LogP contribution in [-0.4, -0.2) is 8.42 Å². The van der Waals surface area contributed by atoms with E-state index in [-0.39, 0.29) is 4.90 Å². The zero-order valence-electron chi connectivity index (χ0n) is 5.11. The van der Waals surface area contributed by atoms with Crippen molar-refractivity contribution in [1.82, 2.24) is 0 Å². The van der Waals surface area contributed by atoms with Crippen molar-refractivity contribution in [2.24, 2.45) is 0 Å². The Balaban J connectivity index is 3.22. The van der Waals surface area contributed by atoms with Gasteiger partial charge in [-0.05, 0) is 12.1 Å². The molecule has 0 saturated carbocycles. The van der Waals surface area contributed by atoms with Crippen LogP contribution in [-0.2, 0) is 9.46 Å². The Morgan fingerprint density at radius 1 is 1.10 bits per heavy atom. The van der Waals surface area contributed by atoms with Crippen molar-refractivity contribution in [1.29, 1.82) is 0 Å². The molecule has 53 valence electrons. The molecule has 0 aliphatic heterocycles. The largest absolute Gasteiger partial charge is 0.219 e. The van der Waals surface area contributed by atoms with Gasteiger partial charge in [-0.1, -0.05) is 18.2 Å². The van der Waals surface area contributed by atoms with E-state index in [0.717, 1.165) is 0 Å². The highest BCUT2D eigenvalue weighted by molar-refractivity contribution is 8.37. The normalized spacial score (nSPS) is 11.3. The molecule has 0 aliphatic carbocycles. The first kappa shape index (κ1) is 7.70. The van der Waals surface area contributed by atoms with Gasteiger partial charge in [-0.2, -0.15) is 0 Å². The Bertz CT molecular complexity index is 304. The van der Waals surface area contributed by atoms with Crippen LogP contribution in [0.25, 0.3) is 0 Å². The van der Waals surface area contributed by atoms with Gasteiger partial charge in [0.2, 0.25) is 0 Å². The molecular formula is C6H6O2PS. The molecule has 4 heteroatoms. The quantitative estimate of drug-likeness (QED) is 0.603. The highest BCUT2D eigenvalue weighted by Crippen LogP contribution is 2.14. The average Bonchev–Trinajstić information content (AvgIpc) is 1.88. The zero-order valence-corrected chi connectivity index (χ0v) is 6.93. The summed E-state index contributed by atoms with van der Waals surface area (Å²) in [4.78, 5) is 0.284. The predicted molar refractivity (Wildman–Crippen MR) is 41.9 cm³/mol. The molecule has 0 N–H and O–H groups in total. The van der Waals surface area contributed by atoms with Gasteiger partial charge in [0.25, 0.3) is 0 Å². The number of benzene rings is 1. The molecule has 1 radical (unpaired) electrons. The summed E-state index contributed by atoms with van der Waals surface area (Å²) in [5.74, 6) is 0.